The summed E-state index contributed by atoms with van der Waals surface area (Å²) in [7, 11) is 1.57. The molecule has 9 nitrogen and oxygen atoms in total. The zero-order chi connectivity index (χ0) is 24.6. The standard InChI is InChI=1S/C25H27N5O4S/c1-3-34-19-12-10-18(11-13-19)30(23(31)17-29-21-8-5-4-7-20(21)27-28-29)24(22-9-6-16-35-22)25(32)26-14-15-33-2/h4-13,16,24H,3,14-15,17H2,1-2H3,(H,26,32)/t24-/m0/s1. The topological polar surface area (TPSA) is 98.6 Å². The van der Waals surface area contributed by atoms with Gasteiger partial charge in [-0.25, -0.2) is 4.68 Å². The molecule has 0 aliphatic rings. The highest BCUT2D eigenvalue weighted by atomic mass is 32.1. The van der Waals surface area contributed by atoms with Gasteiger partial charge < -0.3 is 14.8 Å². The lowest BCUT2D eigenvalue weighted by Crippen LogP contribution is -2.45. The minimum Gasteiger partial charge on any atom is -0.494 e. The number of rotatable bonds is 11. The molecule has 0 bridgehead atoms. The first-order valence-electron chi connectivity index (χ1n) is 11.3. The van der Waals surface area contributed by atoms with Crippen LogP contribution in [0.2, 0.25) is 0 Å². The first kappa shape index (κ1) is 24.4. The van der Waals surface area contributed by atoms with Crippen LogP contribution < -0.4 is 15.0 Å². The van der Waals surface area contributed by atoms with Crippen molar-refractivity contribution in [2.24, 2.45) is 0 Å². The third-order valence-corrected chi connectivity index (χ3v) is 6.25. The smallest absolute Gasteiger partial charge is 0.249 e. The van der Waals surface area contributed by atoms with E-state index in [1.54, 1.807) is 36.1 Å². The molecule has 0 spiro atoms. The van der Waals surface area contributed by atoms with Crippen molar-refractivity contribution in [3.8, 4) is 5.75 Å². The van der Waals surface area contributed by atoms with E-state index in [0.29, 0.717) is 36.7 Å². The zero-order valence-corrected chi connectivity index (χ0v) is 20.4. The van der Waals surface area contributed by atoms with Gasteiger partial charge in [0, 0.05) is 24.2 Å². The predicted molar refractivity (Wildman–Crippen MR) is 135 cm³/mol. The van der Waals surface area contributed by atoms with Gasteiger partial charge in [-0.05, 0) is 54.8 Å². The Bertz CT molecular complexity index is 1260. The summed E-state index contributed by atoms with van der Waals surface area (Å²) in [6.07, 6.45) is 0. The van der Waals surface area contributed by atoms with Crippen LogP contribution in [0.25, 0.3) is 11.0 Å². The van der Waals surface area contributed by atoms with E-state index in [0.717, 1.165) is 10.4 Å². The van der Waals surface area contributed by atoms with Gasteiger partial charge in [0.05, 0.1) is 18.7 Å². The highest BCUT2D eigenvalue weighted by molar-refractivity contribution is 7.10. The number of amides is 2. The van der Waals surface area contributed by atoms with E-state index in [9.17, 15) is 9.59 Å². The molecule has 2 amide bonds. The van der Waals surface area contributed by atoms with Crippen LogP contribution in [-0.4, -0.2) is 53.7 Å². The summed E-state index contributed by atoms with van der Waals surface area (Å²) >= 11 is 1.42. The molecule has 35 heavy (non-hydrogen) atoms. The number of aromatic nitrogens is 3. The molecule has 0 aliphatic heterocycles. The number of nitrogens with zero attached hydrogens (tertiary/aromatic N) is 4. The number of methoxy groups -OCH3 is 1. The average molecular weight is 494 g/mol. The Kier molecular flexibility index (Phi) is 8.07. The van der Waals surface area contributed by atoms with Gasteiger partial charge in [-0.3, -0.25) is 14.5 Å². The van der Waals surface area contributed by atoms with Crippen LogP contribution in [0, 0.1) is 0 Å². The lowest BCUT2D eigenvalue weighted by Gasteiger charge is -2.30. The van der Waals surface area contributed by atoms with Gasteiger partial charge in [0.25, 0.3) is 0 Å². The molecule has 0 fully saturated rings. The summed E-state index contributed by atoms with van der Waals surface area (Å²) in [6.45, 7) is 3.05. The van der Waals surface area contributed by atoms with Crippen LogP contribution >= 0.6 is 11.3 Å². The van der Waals surface area contributed by atoms with E-state index in [1.807, 2.05) is 48.7 Å². The number of para-hydroxylation sites is 1. The van der Waals surface area contributed by atoms with E-state index >= 15 is 0 Å². The molecule has 0 unspecified atom stereocenters. The molecular weight excluding hydrogens is 466 g/mol. The molecule has 2 heterocycles. The molecule has 4 aromatic rings. The first-order chi connectivity index (χ1) is 17.1. The van der Waals surface area contributed by atoms with Crippen molar-refractivity contribution in [2.45, 2.75) is 19.5 Å². The predicted octanol–water partition coefficient (Wildman–Crippen LogP) is 3.43. The fraction of sp³-hybridized carbons (Fsp3) is 0.280. The second-order valence-corrected chi connectivity index (χ2v) is 8.61. The Balaban J connectivity index is 1.72. The molecule has 1 atom stereocenters. The average Bonchev–Trinajstić information content (AvgIpc) is 3.54. The quantitative estimate of drug-likeness (QED) is 0.322. The molecule has 1 N–H and O–H groups in total. The maximum absolute atomic E-state index is 13.8. The number of anilines is 1. The number of carbonyl (C=O) groups is 2. The lowest BCUT2D eigenvalue weighted by atomic mass is 10.1. The second kappa shape index (κ2) is 11.6. The van der Waals surface area contributed by atoms with Gasteiger partial charge in [-0.1, -0.05) is 23.4 Å². The van der Waals surface area contributed by atoms with Gasteiger partial charge in [-0.2, -0.15) is 0 Å². The van der Waals surface area contributed by atoms with Crippen molar-refractivity contribution in [3.05, 3.63) is 70.9 Å². The normalized spacial score (nSPS) is 11.8. The van der Waals surface area contributed by atoms with E-state index in [4.69, 9.17) is 9.47 Å². The van der Waals surface area contributed by atoms with Crippen LogP contribution in [0.1, 0.15) is 17.8 Å². The van der Waals surface area contributed by atoms with Gasteiger partial charge in [0.15, 0.2) is 0 Å². The SMILES string of the molecule is CCOc1ccc(N(C(=O)Cn2nnc3ccccc32)[C@H](C(=O)NCCOC)c2cccs2)cc1. The van der Waals surface area contributed by atoms with Crippen LogP contribution in [-0.2, 0) is 20.9 Å². The second-order valence-electron chi connectivity index (χ2n) is 7.63. The molecule has 0 aliphatic carbocycles. The molecule has 0 radical (unpaired) electrons. The Hall–Kier alpha value is -3.76. The van der Waals surface area contributed by atoms with E-state index in [1.165, 1.54) is 16.2 Å². The molecule has 182 valence electrons. The van der Waals surface area contributed by atoms with E-state index in [-0.39, 0.29) is 18.4 Å². The number of carbonyl (C=O) groups excluding carboxylic acids is 2. The van der Waals surface area contributed by atoms with Crippen molar-refractivity contribution < 1.29 is 19.1 Å². The largest absolute Gasteiger partial charge is 0.494 e. The van der Waals surface area contributed by atoms with Crippen molar-refractivity contribution in [2.75, 3.05) is 31.8 Å². The summed E-state index contributed by atoms with van der Waals surface area (Å²) < 4.78 is 12.2. The minimum atomic E-state index is -0.868. The van der Waals surface area contributed by atoms with E-state index < -0.39 is 6.04 Å². The minimum absolute atomic E-state index is 0.0824. The van der Waals surface area contributed by atoms with Gasteiger partial charge in [0.1, 0.15) is 23.9 Å². The number of hydrogen-bond donors (Lipinski definition) is 1. The summed E-state index contributed by atoms with van der Waals surface area (Å²) in [5, 5.41) is 13.1. The van der Waals surface area contributed by atoms with Crippen LogP contribution in [0.4, 0.5) is 5.69 Å². The maximum Gasteiger partial charge on any atom is 0.249 e. The lowest BCUT2D eigenvalue weighted by molar-refractivity contribution is -0.127. The fourth-order valence-electron chi connectivity index (χ4n) is 3.74. The Labute approximate surface area is 207 Å². The third-order valence-electron chi connectivity index (χ3n) is 5.32. The third kappa shape index (κ3) is 5.67. The molecule has 2 aromatic carbocycles. The zero-order valence-electron chi connectivity index (χ0n) is 19.6. The highest BCUT2D eigenvalue weighted by Crippen LogP contribution is 2.32. The van der Waals surface area contributed by atoms with Crippen LogP contribution in [0.3, 0.4) is 0 Å². The molecule has 0 saturated heterocycles. The van der Waals surface area contributed by atoms with Crippen molar-refractivity contribution >= 4 is 39.9 Å². The summed E-state index contributed by atoms with van der Waals surface area (Å²) in [5.74, 6) is 0.0865. The number of hydrogen-bond acceptors (Lipinski definition) is 7. The number of benzene rings is 2. The molecule has 0 saturated carbocycles. The number of fused-ring (bicyclic) bond motifs is 1. The van der Waals surface area contributed by atoms with Gasteiger partial charge >= 0.3 is 0 Å². The molecule has 4 rings (SSSR count). The molecule has 2 aromatic heterocycles. The maximum atomic E-state index is 13.8. The van der Waals surface area contributed by atoms with E-state index in [2.05, 4.69) is 15.6 Å². The Morgan fingerprint density at radius 1 is 1.11 bits per heavy atom. The van der Waals surface area contributed by atoms with Crippen molar-refractivity contribution in [1.29, 1.82) is 0 Å². The molecule has 10 heteroatoms. The van der Waals surface area contributed by atoms with Crippen LogP contribution in [0.5, 0.6) is 5.75 Å². The van der Waals surface area contributed by atoms with Crippen LogP contribution in [0.15, 0.2) is 66.0 Å². The monoisotopic (exact) mass is 493 g/mol. The summed E-state index contributed by atoms with van der Waals surface area (Å²) in [4.78, 5) is 29.5. The summed E-state index contributed by atoms with van der Waals surface area (Å²) in [5.41, 5.74) is 2.01. The van der Waals surface area contributed by atoms with Crippen molar-refractivity contribution in [1.82, 2.24) is 20.3 Å². The summed E-state index contributed by atoms with van der Waals surface area (Å²) in [6, 6.07) is 17.4. The number of thiophene rings is 1. The Morgan fingerprint density at radius 3 is 2.63 bits per heavy atom. The Morgan fingerprint density at radius 2 is 1.91 bits per heavy atom. The molecular formula is C25H27N5O4S. The number of ether oxygens (including phenoxy) is 2. The fourth-order valence-corrected chi connectivity index (χ4v) is 4.55. The first-order valence-corrected chi connectivity index (χ1v) is 12.1. The highest BCUT2D eigenvalue weighted by Gasteiger charge is 2.34. The number of nitrogens with one attached hydrogen (secondary N) is 1. The van der Waals surface area contributed by atoms with Gasteiger partial charge in [-0.15, -0.1) is 16.4 Å². The van der Waals surface area contributed by atoms with Gasteiger partial charge in [0.2, 0.25) is 11.8 Å². The van der Waals surface area contributed by atoms with Crippen molar-refractivity contribution in [3.63, 3.8) is 0 Å².